The Hall–Kier alpha value is -1.32. The minimum absolute atomic E-state index is 0.0833. The summed E-state index contributed by atoms with van der Waals surface area (Å²) in [6.45, 7) is 4.04. The number of carbonyl (C=O) groups is 2. The molecule has 2 heterocycles. The molecule has 8 nitrogen and oxygen atoms in total. The van der Waals surface area contributed by atoms with E-state index >= 15 is 0 Å². The first kappa shape index (κ1) is 37.9. The molecular weight excluding hydrogens is 548 g/mol. The number of hydrogen-bond acceptors (Lipinski definition) is 8. The van der Waals surface area contributed by atoms with Gasteiger partial charge in [-0.3, -0.25) is 4.79 Å². The molecule has 43 heavy (non-hydrogen) atoms. The Morgan fingerprint density at radius 2 is 1.26 bits per heavy atom. The molecule has 2 aliphatic heterocycles. The van der Waals surface area contributed by atoms with Gasteiger partial charge in [0.25, 0.3) is 0 Å². The van der Waals surface area contributed by atoms with Crippen LogP contribution in [0.25, 0.3) is 0 Å². The monoisotopic (exact) mass is 610 g/mol. The van der Waals surface area contributed by atoms with Gasteiger partial charge in [0.1, 0.15) is 11.9 Å². The summed E-state index contributed by atoms with van der Waals surface area (Å²) in [5.41, 5.74) is 0.570. The zero-order valence-electron chi connectivity index (χ0n) is 27.1. The number of ketones is 1. The molecule has 0 radical (unpaired) electrons. The van der Waals surface area contributed by atoms with Crippen LogP contribution in [0.15, 0.2) is 11.6 Å². The summed E-state index contributed by atoms with van der Waals surface area (Å²) >= 11 is 0. The third kappa shape index (κ3) is 16.0. The van der Waals surface area contributed by atoms with Crippen molar-refractivity contribution < 1.29 is 39.5 Å². The van der Waals surface area contributed by atoms with Crippen molar-refractivity contribution in [1.29, 1.82) is 0 Å². The molecule has 0 aromatic rings. The van der Waals surface area contributed by atoms with Gasteiger partial charge in [0, 0.05) is 18.4 Å². The highest BCUT2D eigenvalue weighted by atomic mass is 16.5. The fraction of sp³-hybridized carbons (Fsp3) is 0.886. The van der Waals surface area contributed by atoms with Gasteiger partial charge in [-0.25, -0.2) is 4.79 Å². The maximum Gasteiger partial charge on any atom is 0.334 e. The molecule has 0 spiro atoms. The molecule has 0 unspecified atom stereocenters. The first-order valence-corrected chi connectivity index (χ1v) is 17.5. The first-order valence-electron chi connectivity index (χ1n) is 17.5. The molecule has 0 amide bonds. The van der Waals surface area contributed by atoms with E-state index < -0.39 is 24.4 Å². The Morgan fingerprint density at radius 1 is 0.744 bits per heavy atom. The van der Waals surface area contributed by atoms with E-state index in [0.717, 1.165) is 32.1 Å². The molecule has 1 fully saturated rings. The first-order chi connectivity index (χ1) is 20.7. The number of rotatable bonds is 26. The zero-order chi connectivity index (χ0) is 31.5. The highest BCUT2D eigenvalue weighted by Gasteiger charge is 2.34. The predicted octanol–water partition coefficient (Wildman–Crippen LogP) is 6.24. The number of esters is 1. The van der Waals surface area contributed by atoms with E-state index in [1.807, 2.05) is 0 Å². The Bertz CT molecular complexity index is 799. The van der Waals surface area contributed by atoms with Gasteiger partial charge in [-0.1, -0.05) is 77.6 Å². The Labute approximate surface area is 260 Å². The van der Waals surface area contributed by atoms with Crippen molar-refractivity contribution in [3.05, 3.63) is 11.6 Å². The fourth-order valence-corrected chi connectivity index (χ4v) is 6.28. The third-order valence-corrected chi connectivity index (χ3v) is 9.11. The van der Waals surface area contributed by atoms with Crippen molar-refractivity contribution in [2.75, 3.05) is 0 Å². The van der Waals surface area contributed by atoms with E-state index in [4.69, 9.17) is 9.47 Å². The molecule has 0 aliphatic carbocycles. The Balaban J connectivity index is 1.46. The van der Waals surface area contributed by atoms with Crippen LogP contribution in [-0.4, -0.2) is 74.9 Å². The van der Waals surface area contributed by atoms with Gasteiger partial charge in [-0.15, -0.1) is 0 Å². The molecule has 2 aliphatic rings. The number of cyclic esters (lactones) is 1. The lowest BCUT2D eigenvalue weighted by Gasteiger charge is -2.23. The van der Waals surface area contributed by atoms with Gasteiger partial charge >= 0.3 is 5.97 Å². The fourth-order valence-electron chi connectivity index (χ4n) is 6.28. The number of unbranched alkanes of at least 4 members (excludes halogenated alkanes) is 10. The normalized spacial score (nSPS) is 23.2. The van der Waals surface area contributed by atoms with Crippen LogP contribution < -0.4 is 0 Å². The standard InChI is InChI=1S/C35H62O8/c1-3-4-5-6-7-8-9-10-11-12-18-31(39)33-23-24-34(43-33)32(40)20-15-19-30(38)29(37)17-14-13-16-28(36)22-21-27-25-26(2)42-35(27)41/h25-26,29-34,37-40H,3-24H2,1-2H3/t26-,29+,30-,31+,32+,33-,34+/m0/s1. The highest BCUT2D eigenvalue weighted by molar-refractivity contribution is 5.91. The zero-order valence-corrected chi connectivity index (χ0v) is 27.1. The van der Waals surface area contributed by atoms with Crippen molar-refractivity contribution >= 4 is 11.8 Å². The number of aliphatic hydroxyl groups is 4. The van der Waals surface area contributed by atoms with Crippen LogP contribution in [0.2, 0.25) is 0 Å². The van der Waals surface area contributed by atoms with Gasteiger partial charge < -0.3 is 29.9 Å². The molecule has 2 rings (SSSR count). The SMILES string of the molecule is CCCCCCCCCCCC[C@@H](O)[C@@H]1CC[C@H]([C@H](O)CCC[C@H](O)[C@H](O)CCCCC(=O)CCC2=C[C@H](C)OC2=O)O1. The largest absolute Gasteiger partial charge is 0.455 e. The minimum Gasteiger partial charge on any atom is -0.455 e. The van der Waals surface area contributed by atoms with E-state index in [2.05, 4.69) is 6.92 Å². The van der Waals surface area contributed by atoms with Crippen molar-refractivity contribution in [1.82, 2.24) is 0 Å². The highest BCUT2D eigenvalue weighted by Crippen LogP contribution is 2.28. The Kier molecular flexibility index (Phi) is 19.6. The lowest BCUT2D eigenvalue weighted by molar-refractivity contribution is -0.139. The van der Waals surface area contributed by atoms with Crippen molar-refractivity contribution in [3.63, 3.8) is 0 Å². The van der Waals surface area contributed by atoms with Gasteiger partial charge in [-0.2, -0.15) is 0 Å². The molecule has 0 saturated carbocycles. The van der Waals surface area contributed by atoms with Crippen LogP contribution in [0.3, 0.4) is 0 Å². The van der Waals surface area contributed by atoms with E-state index in [1.165, 1.54) is 51.4 Å². The topological polar surface area (TPSA) is 134 Å². The maximum atomic E-state index is 12.1. The molecular formula is C35H62O8. The van der Waals surface area contributed by atoms with Gasteiger partial charge in [0.05, 0.1) is 36.6 Å². The molecule has 0 bridgehead atoms. The number of carbonyl (C=O) groups excluding carboxylic acids is 2. The van der Waals surface area contributed by atoms with Gasteiger partial charge in [0.2, 0.25) is 0 Å². The van der Waals surface area contributed by atoms with E-state index in [9.17, 15) is 30.0 Å². The summed E-state index contributed by atoms with van der Waals surface area (Å²) in [5, 5.41) is 41.9. The second kappa shape index (κ2) is 22.2. The van der Waals surface area contributed by atoms with Crippen LogP contribution in [0, 0.1) is 0 Å². The Morgan fingerprint density at radius 3 is 1.81 bits per heavy atom. The molecule has 4 N–H and O–H groups in total. The summed E-state index contributed by atoms with van der Waals surface area (Å²) in [6.07, 6.45) is 17.3. The second-order valence-corrected chi connectivity index (χ2v) is 13.0. The molecule has 7 atom stereocenters. The number of aliphatic hydroxyl groups excluding tert-OH is 4. The summed E-state index contributed by atoms with van der Waals surface area (Å²) in [6, 6.07) is 0. The third-order valence-electron chi connectivity index (χ3n) is 9.11. The lowest BCUT2D eigenvalue weighted by Crippen LogP contribution is -2.31. The summed E-state index contributed by atoms with van der Waals surface area (Å²) in [4.78, 5) is 23.7. The quantitative estimate of drug-likeness (QED) is 0.0668. The molecule has 0 aromatic heterocycles. The van der Waals surface area contributed by atoms with Crippen LogP contribution in [-0.2, 0) is 19.1 Å². The maximum absolute atomic E-state index is 12.1. The summed E-state index contributed by atoms with van der Waals surface area (Å²) in [5.74, 6) is -0.251. The lowest BCUT2D eigenvalue weighted by atomic mass is 9.97. The van der Waals surface area contributed by atoms with Crippen molar-refractivity contribution in [3.8, 4) is 0 Å². The number of hydrogen-bond donors (Lipinski definition) is 4. The average Bonchev–Trinajstić information content (AvgIpc) is 3.61. The van der Waals surface area contributed by atoms with Crippen molar-refractivity contribution in [2.24, 2.45) is 0 Å². The van der Waals surface area contributed by atoms with E-state index in [0.29, 0.717) is 63.4 Å². The summed E-state index contributed by atoms with van der Waals surface area (Å²) in [7, 11) is 0. The molecule has 8 heteroatoms. The molecule has 0 aromatic carbocycles. The second-order valence-electron chi connectivity index (χ2n) is 13.0. The molecule has 1 saturated heterocycles. The number of Topliss-reactive ketones (excluding diaryl/α,β-unsaturated/α-hetero) is 1. The van der Waals surface area contributed by atoms with E-state index in [1.54, 1.807) is 13.0 Å². The van der Waals surface area contributed by atoms with Gasteiger partial charge in [0.15, 0.2) is 0 Å². The molecule has 250 valence electrons. The van der Waals surface area contributed by atoms with E-state index in [-0.39, 0.29) is 30.1 Å². The van der Waals surface area contributed by atoms with Gasteiger partial charge in [-0.05, 0) is 70.8 Å². The van der Waals surface area contributed by atoms with Crippen molar-refractivity contribution in [2.45, 2.75) is 198 Å². The smallest absolute Gasteiger partial charge is 0.334 e. The average molecular weight is 611 g/mol. The van der Waals surface area contributed by atoms with Crippen LogP contribution in [0.4, 0.5) is 0 Å². The summed E-state index contributed by atoms with van der Waals surface area (Å²) < 4.78 is 11.0. The minimum atomic E-state index is -0.870. The predicted molar refractivity (Wildman–Crippen MR) is 169 cm³/mol. The van der Waals surface area contributed by atoms with Crippen LogP contribution >= 0.6 is 0 Å². The van der Waals surface area contributed by atoms with Crippen LogP contribution in [0.5, 0.6) is 0 Å². The van der Waals surface area contributed by atoms with Crippen LogP contribution in [0.1, 0.15) is 155 Å². The number of ether oxygens (including phenoxy) is 2.